The SMILES string of the molecule is C=C[C@]1(C)C=C2[C@H](O)C[C@H]3[C@@](C)(CCC[C@@]3(C)C(=O)O)[C@H]2CC1. The Morgan fingerprint density at radius 2 is 2.00 bits per heavy atom. The normalized spacial score (nSPS) is 49.6. The number of rotatable bonds is 2. The van der Waals surface area contributed by atoms with Crippen LogP contribution in [0, 0.1) is 28.1 Å². The van der Waals surface area contributed by atoms with Gasteiger partial charge in [0, 0.05) is 5.41 Å². The highest BCUT2D eigenvalue weighted by atomic mass is 16.4. The first-order chi connectivity index (χ1) is 10.7. The van der Waals surface area contributed by atoms with Crippen molar-refractivity contribution in [1.82, 2.24) is 0 Å². The van der Waals surface area contributed by atoms with Crippen LogP contribution in [0.3, 0.4) is 0 Å². The first kappa shape index (κ1) is 16.8. The van der Waals surface area contributed by atoms with Crippen molar-refractivity contribution in [1.29, 1.82) is 0 Å². The summed E-state index contributed by atoms with van der Waals surface area (Å²) in [4.78, 5) is 12.0. The molecule has 0 bridgehead atoms. The maximum atomic E-state index is 12.0. The quantitative estimate of drug-likeness (QED) is 0.751. The van der Waals surface area contributed by atoms with Gasteiger partial charge in [-0.2, -0.15) is 0 Å². The second-order valence-corrected chi connectivity index (χ2v) is 8.83. The third kappa shape index (κ3) is 2.31. The Labute approximate surface area is 139 Å². The van der Waals surface area contributed by atoms with Crippen LogP contribution in [0.1, 0.15) is 59.3 Å². The molecule has 128 valence electrons. The van der Waals surface area contributed by atoms with Crippen LogP contribution in [0.25, 0.3) is 0 Å². The van der Waals surface area contributed by atoms with E-state index in [0.29, 0.717) is 12.3 Å². The molecule has 0 aromatic rings. The summed E-state index contributed by atoms with van der Waals surface area (Å²) in [6, 6.07) is 0. The zero-order valence-electron chi connectivity index (χ0n) is 14.6. The lowest BCUT2D eigenvalue weighted by Crippen LogP contribution is -2.57. The third-order valence-electron chi connectivity index (χ3n) is 7.44. The predicted molar refractivity (Wildman–Crippen MR) is 90.9 cm³/mol. The number of carbonyl (C=O) groups is 1. The van der Waals surface area contributed by atoms with Crippen LogP contribution in [-0.2, 0) is 4.79 Å². The van der Waals surface area contributed by atoms with Gasteiger partial charge in [0.1, 0.15) is 0 Å². The molecule has 0 unspecified atom stereocenters. The first-order valence-corrected chi connectivity index (χ1v) is 8.94. The molecule has 2 N–H and O–H groups in total. The van der Waals surface area contributed by atoms with Crippen LogP contribution in [0.15, 0.2) is 24.3 Å². The highest BCUT2D eigenvalue weighted by Crippen LogP contribution is 2.63. The molecule has 3 aliphatic rings. The predicted octanol–water partition coefficient (Wildman–Crippen LogP) is 4.18. The topological polar surface area (TPSA) is 57.5 Å². The summed E-state index contributed by atoms with van der Waals surface area (Å²) in [5, 5.41) is 20.6. The lowest BCUT2D eigenvalue weighted by Gasteiger charge is -2.60. The first-order valence-electron chi connectivity index (χ1n) is 8.94. The molecule has 0 aliphatic heterocycles. The average molecular weight is 318 g/mol. The maximum absolute atomic E-state index is 12.0. The molecule has 3 rings (SSSR count). The molecular weight excluding hydrogens is 288 g/mol. The van der Waals surface area contributed by atoms with Crippen molar-refractivity contribution in [3.8, 4) is 0 Å². The van der Waals surface area contributed by atoms with E-state index in [1.54, 1.807) is 0 Å². The number of carboxylic acid groups (broad SMARTS) is 1. The fraction of sp³-hybridized carbons (Fsp3) is 0.750. The standard InChI is InChI=1S/C20H30O3/c1-5-18(2)10-7-14-13(12-18)15(21)11-16-19(14,3)8-6-9-20(16,4)17(22)23/h5,12,14-16,21H,1,6-11H2,2-4H3,(H,22,23)/t14-,15+,16-,18-,19-,20+/m0/s1. The molecule has 0 spiro atoms. The fourth-order valence-electron chi connectivity index (χ4n) is 5.85. The number of carboxylic acids is 1. The number of aliphatic hydroxyl groups excluding tert-OH is 1. The molecule has 3 aliphatic carbocycles. The van der Waals surface area contributed by atoms with Crippen molar-refractivity contribution in [2.75, 3.05) is 0 Å². The molecular formula is C20H30O3. The second-order valence-electron chi connectivity index (χ2n) is 8.83. The minimum Gasteiger partial charge on any atom is -0.481 e. The van der Waals surface area contributed by atoms with Gasteiger partial charge in [-0.3, -0.25) is 4.79 Å². The number of hydrogen-bond acceptors (Lipinski definition) is 2. The zero-order valence-corrected chi connectivity index (χ0v) is 14.6. The zero-order chi connectivity index (χ0) is 17.0. The van der Waals surface area contributed by atoms with E-state index >= 15 is 0 Å². The molecule has 0 aromatic heterocycles. The van der Waals surface area contributed by atoms with Crippen LogP contribution in [0.4, 0.5) is 0 Å². The molecule has 2 saturated carbocycles. The molecule has 2 fully saturated rings. The summed E-state index contributed by atoms with van der Waals surface area (Å²) >= 11 is 0. The molecule has 23 heavy (non-hydrogen) atoms. The van der Waals surface area contributed by atoms with E-state index < -0.39 is 17.5 Å². The monoisotopic (exact) mass is 318 g/mol. The molecule has 0 amide bonds. The van der Waals surface area contributed by atoms with Gasteiger partial charge < -0.3 is 10.2 Å². The Bertz CT molecular complexity index is 565. The molecule has 3 nitrogen and oxygen atoms in total. The molecule has 0 radical (unpaired) electrons. The summed E-state index contributed by atoms with van der Waals surface area (Å²) < 4.78 is 0. The molecule has 0 heterocycles. The lowest BCUT2D eigenvalue weighted by molar-refractivity contribution is -0.168. The Kier molecular flexibility index (Phi) is 3.79. The summed E-state index contributed by atoms with van der Waals surface area (Å²) in [5.41, 5.74) is 0.380. The van der Waals surface area contributed by atoms with Crippen LogP contribution in [-0.4, -0.2) is 22.3 Å². The van der Waals surface area contributed by atoms with Gasteiger partial charge in [0.2, 0.25) is 0 Å². The smallest absolute Gasteiger partial charge is 0.309 e. The van der Waals surface area contributed by atoms with Crippen LogP contribution in [0.2, 0.25) is 0 Å². The second kappa shape index (κ2) is 5.20. The number of aliphatic hydroxyl groups is 1. The third-order valence-corrected chi connectivity index (χ3v) is 7.44. The van der Waals surface area contributed by atoms with Crippen LogP contribution in [0.5, 0.6) is 0 Å². The van der Waals surface area contributed by atoms with E-state index in [-0.39, 0.29) is 16.7 Å². The van der Waals surface area contributed by atoms with E-state index in [9.17, 15) is 15.0 Å². The van der Waals surface area contributed by atoms with Gasteiger partial charge in [-0.25, -0.2) is 0 Å². The summed E-state index contributed by atoms with van der Waals surface area (Å²) in [6.07, 6.45) is 9.10. The van der Waals surface area contributed by atoms with Crippen molar-refractivity contribution >= 4 is 5.97 Å². The number of hydrogen-bond donors (Lipinski definition) is 2. The van der Waals surface area contributed by atoms with Crippen LogP contribution >= 0.6 is 0 Å². The van der Waals surface area contributed by atoms with Crippen LogP contribution < -0.4 is 0 Å². The van der Waals surface area contributed by atoms with E-state index in [2.05, 4.69) is 26.5 Å². The minimum atomic E-state index is -0.710. The van der Waals surface area contributed by atoms with E-state index in [4.69, 9.17) is 0 Å². The number of fused-ring (bicyclic) bond motifs is 3. The number of allylic oxidation sites excluding steroid dienone is 2. The van der Waals surface area contributed by atoms with Gasteiger partial charge in [0.15, 0.2) is 0 Å². The Balaban J connectivity index is 2.05. The summed E-state index contributed by atoms with van der Waals surface area (Å²) in [6.45, 7) is 10.3. The minimum absolute atomic E-state index is 0.0149. The highest BCUT2D eigenvalue weighted by Gasteiger charge is 2.60. The lowest BCUT2D eigenvalue weighted by atomic mass is 9.44. The van der Waals surface area contributed by atoms with Gasteiger partial charge in [-0.05, 0) is 61.9 Å². The maximum Gasteiger partial charge on any atom is 0.309 e. The highest BCUT2D eigenvalue weighted by molar-refractivity contribution is 5.75. The Morgan fingerprint density at radius 1 is 1.30 bits per heavy atom. The number of aliphatic carboxylic acids is 1. The van der Waals surface area contributed by atoms with Gasteiger partial charge in [0.05, 0.1) is 11.5 Å². The Hall–Kier alpha value is -1.09. The van der Waals surface area contributed by atoms with Gasteiger partial charge in [-0.1, -0.05) is 32.4 Å². The van der Waals surface area contributed by atoms with Gasteiger partial charge in [-0.15, -0.1) is 6.58 Å². The fourth-order valence-corrected chi connectivity index (χ4v) is 5.85. The van der Waals surface area contributed by atoms with Crippen molar-refractivity contribution in [3.05, 3.63) is 24.3 Å². The van der Waals surface area contributed by atoms with Gasteiger partial charge in [0.25, 0.3) is 0 Å². The van der Waals surface area contributed by atoms with Crippen molar-refractivity contribution in [3.63, 3.8) is 0 Å². The molecule has 0 saturated heterocycles. The molecule has 3 heteroatoms. The Morgan fingerprint density at radius 3 is 2.61 bits per heavy atom. The molecule has 6 atom stereocenters. The van der Waals surface area contributed by atoms with Crippen molar-refractivity contribution in [2.45, 2.75) is 65.4 Å². The average Bonchev–Trinajstić information content (AvgIpc) is 2.50. The van der Waals surface area contributed by atoms with E-state index in [1.807, 2.05) is 13.0 Å². The van der Waals surface area contributed by atoms with E-state index in [0.717, 1.165) is 37.7 Å². The summed E-state index contributed by atoms with van der Waals surface area (Å²) in [7, 11) is 0. The van der Waals surface area contributed by atoms with Gasteiger partial charge >= 0.3 is 5.97 Å². The van der Waals surface area contributed by atoms with E-state index in [1.165, 1.54) is 0 Å². The molecule has 0 aromatic carbocycles. The van der Waals surface area contributed by atoms with Crippen molar-refractivity contribution in [2.24, 2.45) is 28.1 Å². The summed E-state index contributed by atoms with van der Waals surface area (Å²) in [5.74, 6) is -0.338. The van der Waals surface area contributed by atoms with Crippen molar-refractivity contribution < 1.29 is 15.0 Å². The largest absolute Gasteiger partial charge is 0.481 e.